The molecule has 0 unspecified atom stereocenters. The van der Waals surface area contributed by atoms with Crippen LogP contribution in [0.1, 0.15) is 18.1 Å². The van der Waals surface area contributed by atoms with Crippen molar-refractivity contribution in [3.8, 4) is 5.75 Å². The number of hydrogen-bond acceptors (Lipinski definition) is 3. The maximum Gasteiger partial charge on any atom is 0.277 e. The van der Waals surface area contributed by atoms with Gasteiger partial charge >= 0.3 is 0 Å². The first-order valence-corrected chi connectivity index (χ1v) is 7.39. The van der Waals surface area contributed by atoms with E-state index in [2.05, 4.69) is 10.5 Å². The number of nitrogens with one attached hydrogen (secondary N) is 1. The standard InChI is InChI=1S/C19H20N2O2/c1-15(12-17-9-4-3-5-10-17)13-20-21-19(22)14-23-18-11-7-6-8-16(18)2/h3-13H,14H2,1-2H3,(H,21,22)/b15-12-,20-13+. The number of carbonyl (C=O) groups is 1. The molecule has 0 aliphatic heterocycles. The molecule has 4 nitrogen and oxygen atoms in total. The van der Waals surface area contributed by atoms with Crippen molar-refractivity contribution in [1.29, 1.82) is 0 Å². The highest BCUT2D eigenvalue weighted by Crippen LogP contribution is 2.15. The highest BCUT2D eigenvalue weighted by molar-refractivity contribution is 5.86. The predicted octanol–water partition coefficient (Wildman–Crippen LogP) is 3.58. The van der Waals surface area contributed by atoms with Crippen molar-refractivity contribution in [3.63, 3.8) is 0 Å². The molecular weight excluding hydrogens is 288 g/mol. The molecule has 0 aliphatic carbocycles. The molecule has 118 valence electrons. The van der Waals surface area contributed by atoms with Gasteiger partial charge in [0.05, 0.1) is 6.21 Å². The van der Waals surface area contributed by atoms with E-state index in [1.54, 1.807) is 6.21 Å². The van der Waals surface area contributed by atoms with Gasteiger partial charge in [0, 0.05) is 0 Å². The van der Waals surface area contributed by atoms with Crippen LogP contribution in [0, 0.1) is 6.92 Å². The van der Waals surface area contributed by atoms with Crippen LogP contribution in [0.25, 0.3) is 6.08 Å². The molecule has 2 aromatic rings. The van der Waals surface area contributed by atoms with Gasteiger partial charge in [-0.2, -0.15) is 5.10 Å². The molecule has 0 fully saturated rings. The quantitative estimate of drug-likeness (QED) is 0.655. The zero-order valence-electron chi connectivity index (χ0n) is 13.3. The van der Waals surface area contributed by atoms with Gasteiger partial charge in [-0.25, -0.2) is 5.43 Å². The molecule has 0 saturated heterocycles. The number of rotatable bonds is 6. The highest BCUT2D eigenvalue weighted by Gasteiger charge is 2.02. The fraction of sp³-hybridized carbons (Fsp3) is 0.158. The summed E-state index contributed by atoms with van der Waals surface area (Å²) in [6, 6.07) is 17.5. The molecular formula is C19H20N2O2. The Bertz CT molecular complexity index is 706. The van der Waals surface area contributed by atoms with Crippen LogP contribution in [0.3, 0.4) is 0 Å². The van der Waals surface area contributed by atoms with E-state index in [9.17, 15) is 4.79 Å². The average Bonchev–Trinajstić information content (AvgIpc) is 2.55. The summed E-state index contributed by atoms with van der Waals surface area (Å²) >= 11 is 0. The first-order chi connectivity index (χ1) is 11.1. The summed E-state index contributed by atoms with van der Waals surface area (Å²) in [5.41, 5.74) is 5.47. The minimum Gasteiger partial charge on any atom is -0.483 e. The van der Waals surface area contributed by atoms with Crippen molar-refractivity contribution in [2.75, 3.05) is 6.61 Å². The van der Waals surface area contributed by atoms with Gasteiger partial charge in [-0.1, -0.05) is 54.6 Å². The first kappa shape index (κ1) is 16.5. The van der Waals surface area contributed by atoms with Gasteiger partial charge < -0.3 is 4.74 Å². The van der Waals surface area contributed by atoms with Crippen LogP contribution in [0.2, 0.25) is 0 Å². The number of nitrogens with zero attached hydrogens (tertiary/aromatic N) is 1. The largest absolute Gasteiger partial charge is 0.483 e. The van der Waals surface area contributed by atoms with Gasteiger partial charge in [0.1, 0.15) is 5.75 Å². The van der Waals surface area contributed by atoms with Gasteiger partial charge in [0.25, 0.3) is 5.91 Å². The number of benzene rings is 2. The van der Waals surface area contributed by atoms with Crippen LogP contribution < -0.4 is 10.2 Å². The van der Waals surface area contributed by atoms with E-state index < -0.39 is 0 Å². The van der Waals surface area contributed by atoms with Gasteiger partial charge in [-0.05, 0) is 36.6 Å². The monoisotopic (exact) mass is 308 g/mol. The van der Waals surface area contributed by atoms with Gasteiger partial charge in [-0.15, -0.1) is 0 Å². The molecule has 1 N–H and O–H groups in total. The minimum atomic E-state index is -0.294. The molecule has 23 heavy (non-hydrogen) atoms. The third-order valence-electron chi connectivity index (χ3n) is 3.10. The van der Waals surface area contributed by atoms with E-state index in [-0.39, 0.29) is 12.5 Å². The lowest BCUT2D eigenvalue weighted by atomic mass is 10.1. The van der Waals surface area contributed by atoms with Crippen molar-refractivity contribution >= 4 is 18.2 Å². The number of hydrogen-bond donors (Lipinski definition) is 1. The fourth-order valence-corrected chi connectivity index (χ4v) is 1.95. The van der Waals surface area contributed by atoms with Crippen molar-refractivity contribution in [2.45, 2.75) is 13.8 Å². The molecule has 0 spiro atoms. The van der Waals surface area contributed by atoms with Crippen LogP contribution >= 0.6 is 0 Å². The summed E-state index contributed by atoms with van der Waals surface area (Å²) < 4.78 is 5.45. The Morgan fingerprint density at radius 2 is 1.83 bits per heavy atom. The maximum atomic E-state index is 11.7. The molecule has 0 bridgehead atoms. The highest BCUT2D eigenvalue weighted by atomic mass is 16.5. The number of aryl methyl sites for hydroxylation is 1. The van der Waals surface area contributed by atoms with E-state index >= 15 is 0 Å². The Morgan fingerprint density at radius 1 is 1.13 bits per heavy atom. The molecule has 4 heteroatoms. The lowest BCUT2D eigenvalue weighted by Gasteiger charge is -2.07. The Morgan fingerprint density at radius 3 is 2.57 bits per heavy atom. The van der Waals surface area contributed by atoms with Crippen LogP contribution in [-0.4, -0.2) is 18.7 Å². The lowest BCUT2D eigenvalue weighted by molar-refractivity contribution is -0.123. The molecule has 0 radical (unpaired) electrons. The smallest absolute Gasteiger partial charge is 0.277 e. The summed E-state index contributed by atoms with van der Waals surface area (Å²) in [6.07, 6.45) is 3.60. The summed E-state index contributed by atoms with van der Waals surface area (Å²) in [5, 5.41) is 3.93. The molecule has 0 heterocycles. The van der Waals surface area contributed by atoms with E-state index in [1.165, 1.54) is 0 Å². The van der Waals surface area contributed by atoms with Crippen molar-refractivity contribution in [2.24, 2.45) is 5.10 Å². The second kappa shape index (κ2) is 8.54. The van der Waals surface area contributed by atoms with Gasteiger partial charge in [-0.3, -0.25) is 4.79 Å². The Labute approximate surface area is 136 Å². The van der Waals surface area contributed by atoms with Crippen LogP contribution in [0.4, 0.5) is 0 Å². The first-order valence-electron chi connectivity index (χ1n) is 7.39. The topological polar surface area (TPSA) is 50.7 Å². The number of ether oxygens (including phenoxy) is 1. The maximum absolute atomic E-state index is 11.7. The third kappa shape index (κ3) is 5.79. The average molecular weight is 308 g/mol. The fourth-order valence-electron chi connectivity index (χ4n) is 1.95. The molecule has 1 amide bonds. The van der Waals surface area contributed by atoms with E-state index in [4.69, 9.17) is 4.74 Å². The third-order valence-corrected chi connectivity index (χ3v) is 3.10. The molecule has 2 aromatic carbocycles. The molecule has 0 aliphatic rings. The van der Waals surface area contributed by atoms with E-state index in [0.29, 0.717) is 5.75 Å². The van der Waals surface area contributed by atoms with Crippen LogP contribution in [0.5, 0.6) is 5.75 Å². The molecule has 2 rings (SSSR count). The van der Waals surface area contributed by atoms with Gasteiger partial charge in [0.2, 0.25) is 0 Å². The summed E-state index contributed by atoms with van der Waals surface area (Å²) in [4.78, 5) is 11.7. The number of amides is 1. The number of para-hydroxylation sites is 1. The predicted molar refractivity (Wildman–Crippen MR) is 93.4 cm³/mol. The van der Waals surface area contributed by atoms with E-state index in [1.807, 2.05) is 74.5 Å². The Balaban J connectivity index is 1.80. The van der Waals surface area contributed by atoms with Crippen LogP contribution in [-0.2, 0) is 4.79 Å². The zero-order chi connectivity index (χ0) is 16.5. The molecule has 0 aromatic heterocycles. The minimum absolute atomic E-state index is 0.0658. The summed E-state index contributed by atoms with van der Waals surface area (Å²) in [5.74, 6) is 0.406. The lowest BCUT2D eigenvalue weighted by Crippen LogP contribution is -2.24. The normalized spacial score (nSPS) is 11.5. The molecule has 0 saturated carbocycles. The Kier molecular flexibility index (Phi) is 6.12. The summed E-state index contributed by atoms with van der Waals surface area (Å²) in [6.45, 7) is 3.79. The van der Waals surface area contributed by atoms with Crippen molar-refractivity contribution in [1.82, 2.24) is 5.43 Å². The second-order valence-corrected chi connectivity index (χ2v) is 5.15. The van der Waals surface area contributed by atoms with Crippen LogP contribution in [0.15, 0.2) is 65.3 Å². The zero-order valence-corrected chi connectivity index (χ0v) is 13.3. The van der Waals surface area contributed by atoms with Crippen molar-refractivity contribution in [3.05, 3.63) is 71.3 Å². The summed E-state index contributed by atoms with van der Waals surface area (Å²) in [7, 11) is 0. The SMILES string of the molecule is CC(=C/c1ccccc1)/C=N/NC(=O)COc1ccccc1C. The second-order valence-electron chi connectivity index (χ2n) is 5.15. The number of allylic oxidation sites excluding steroid dienone is 1. The van der Waals surface area contributed by atoms with E-state index in [0.717, 1.165) is 16.7 Å². The number of carbonyl (C=O) groups excluding carboxylic acids is 1. The molecule has 0 atom stereocenters. The number of hydrazone groups is 1. The Hall–Kier alpha value is -2.88. The van der Waals surface area contributed by atoms with Crippen molar-refractivity contribution < 1.29 is 9.53 Å². The van der Waals surface area contributed by atoms with Gasteiger partial charge in [0.15, 0.2) is 6.61 Å².